The van der Waals surface area contributed by atoms with Gasteiger partial charge in [-0.2, -0.15) is 0 Å². The molecule has 0 bridgehead atoms. The van der Waals surface area contributed by atoms with Gasteiger partial charge in [0.2, 0.25) is 0 Å². The van der Waals surface area contributed by atoms with Gasteiger partial charge in [0.25, 0.3) is 0 Å². The Balaban J connectivity index is 1.66. The highest BCUT2D eigenvalue weighted by Gasteiger charge is 2.17. The van der Waals surface area contributed by atoms with E-state index in [-0.39, 0.29) is 0 Å². The van der Waals surface area contributed by atoms with Crippen molar-refractivity contribution < 1.29 is 0 Å². The van der Waals surface area contributed by atoms with E-state index in [9.17, 15) is 0 Å². The predicted octanol–water partition coefficient (Wildman–Crippen LogP) is 6.40. The fraction of sp³-hybridized carbons (Fsp3) is 0.333. The molecular weight excluding hydrogens is 457 g/mol. The lowest BCUT2D eigenvalue weighted by Gasteiger charge is -2.21. The van der Waals surface area contributed by atoms with Gasteiger partial charge in [-0.1, -0.05) is 37.0 Å². The molecule has 9 heteroatoms. The van der Waals surface area contributed by atoms with Crippen molar-refractivity contribution in [1.82, 2.24) is 29.8 Å². The number of aryl methyl sites for hydroxylation is 1. The first-order valence-corrected chi connectivity index (χ1v) is 11.8. The van der Waals surface area contributed by atoms with Gasteiger partial charge in [-0.25, -0.2) is 19.9 Å². The zero-order valence-electron chi connectivity index (χ0n) is 19.0. The summed E-state index contributed by atoms with van der Waals surface area (Å²) in [6, 6.07) is 7.68. The van der Waals surface area contributed by atoms with E-state index >= 15 is 0 Å². The number of aromatic nitrogens is 5. The molecule has 0 aliphatic rings. The van der Waals surface area contributed by atoms with Crippen molar-refractivity contribution in [2.75, 3.05) is 18.4 Å². The van der Waals surface area contributed by atoms with Crippen molar-refractivity contribution >= 4 is 45.9 Å². The number of aromatic amines is 1. The van der Waals surface area contributed by atoms with E-state index < -0.39 is 0 Å². The zero-order chi connectivity index (χ0) is 23.4. The van der Waals surface area contributed by atoms with Crippen molar-refractivity contribution in [2.24, 2.45) is 0 Å². The lowest BCUT2D eigenvalue weighted by atomic mass is 10.1. The highest BCUT2D eigenvalue weighted by Crippen LogP contribution is 2.36. The molecule has 0 amide bonds. The van der Waals surface area contributed by atoms with Crippen LogP contribution in [0.15, 0.2) is 36.8 Å². The van der Waals surface area contributed by atoms with Crippen LogP contribution in [0.2, 0.25) is 10.0 Å². The molecule has 0 saturated carbocycles. The third kappa shape index (κ3) is 5.43. The first kappa shape index (κ1) is 23.4. The SMILES string of the molecule is CCCN(CCC)Cc1cc(Cl)c(-c2nc3c(Nc4cc(C)ncn4)nccc3[nH]2)c(Cl)c1. The lowest BCUT2D eigenvalue weighted by molar-refractivity contribution is 0.266. The van der Waals surface area contributed by atoms with Gasteiger partial charge in [-0.05, 0) is 56.6 Å². The van der Waals surface area contributed by atoms with Crippen molar-refractivity contribution in [3.05, 3.63) is 58.1 Å². The Bertz CT molecular complexity index is 1230. The smallest absolute Gasteiger partial charge is 0.159 e. The molecule has 1 aromatic carbocycles. The van der Waals surface area contributed by atoms with Crippen molar-refractivity contribution in [3.8, 4) is 11.4 Å². The summed E-state index contributed by atoms with van der Waals surface area (Å²) in [7, 11) is 0. The van der Waals surface area contributed by atoms with Gasteiger partial charge in [0.1, 0.15) is 23.5 Å². The monoisotopic (exact) mass is 483 g/mol. The topological polar surface area (TPSA) is 82.6 Å². The second-order valence-electron chi connectivity index (χ2n) is 8.02. The van der Waals surface area contributed by atoms with E-state index in [1.54, 1.807) is 6.20 Å². The molecule has 0 spiro atoms. The second kappa shape index (κ2) is 10.5. The van der Waals surface area contributed by atoms with Gasteiger partial charge in [0, 0.05) is 24.5 Å². The molecule has 4 aromatic rings. The lowest BCUT2D eigenvalue weighted by Crippen LogP contribution is -2.24. The Hall–Kier alpha value is -2.74. The van der Waals surface area contributed by atoms with E-state index in [1.807, 2.05) is 31.2 Å². The maximum atomic E-state index is 6.71. The van der Waals surface area contributed by atoms with Crippen molar-refractivity contribution in [3.63, 3.8) is 0 Å². The third-order valence-corrected chi connectivity index (χ3v) is 5.87. The molecule has 0 atom stereocenters. The number of H-pyrrole nitrogens is 1. The van der Waals surface area contributed by atoms with Crippen LogP contribution < -0.4 is 5.32 Å². The first-order chi connectivity index (χ1) is 16.0. The maximum Gasteiger partial charge on any atom is 0.159 e. The largest absolute Gasteiger partial charge is 0.338 e. The molecule has 3 aromatic heterocycles. The number of imidazole rings is 1. The summed E-state index contributed by atoms with van der Waals surface area (Å²) in [5.41, 5.74) is 4.13. The fourth-order valence-corrected chi connectivity index (χ4v) is 4.60. The minimum absolute atomic E-state index is 0.568. The predicted molar refractivity (Wildman–Crippen MR) is 135 cm³/mol. The summed E-state index contributed by atoms with van der Waals surface area (Å²) < 4.78 is 0. The summed E-state index contributed by atoms with van der Waals surface area (Å²) >= 11 is 13.4. The van der Waals surface area contributed by atoms with Gasteiger partial charge in [0.15, 0.2) is 5.82 Å². The Kier molecular flexibility index (Phi) is 7.42. The third-order valence-electron chi connectivity index (χ3n) is 5.28. The van der Waals surface area contributed by atoms with Gasteiger partial charge in [0.05, 0.1) is 21.1 Å². The van der Waals surface area contributed by atoms with Crippen LogP contribution in [-0.4, -0.2) is 42.9 Å². The van der Waals surface area contributed by atoms with Gasteiger partial charge < -0.3 is 10.3 Å². The Morgan fingerprint density at radius 1 is 1.00 bits per heavy atom. The van der Waals surface area contributed by atoms with Gasteiger partial charge >= 0.3 is 0 Å². The average molecular weight is 484 g/mol. The van der Waals surface area contributed by atoms with Crippen LogP contribution in [-0.2, 0) is 6.54 Å². The van der Waals surface area contributed by atoms with Crippen molar-refractivity contribution in [1.29, 1.82) is 0 Å². The number of hydrogen-bond donors (Lipinski definition) is 2. The number of halogens is 2. The minimum Gasteiger partial charge on any atom is -0.338 e. The normalized spacial score (nSPS) is 11.5. The van der Waals surface area contributed by atoms with E-state index in [0.29, 0.717) is 38.6 Å². The number of anilines is 2. The summed E-state index contributed by atoms with van der Waals surface area (Å²) in [5.74, 6) is 1.84. The molecule has 0 aliphatic heterocycles. The number of rotatable bonds is 9. The molecule has 4 rings (SSSR count). The zero-order valence-corrected chi connectivity index (χ0v) is 20.5. The van der Waals surface area contributed by atoms with E-state index in [4.69, 9.17) is 28.2 Å². The summed E-state index contributed by atoms with van der Waals surface area (Å²) in [5, 5.41) is 4.36. The van der Waals surface area contributed by atoms with Crippen LogP contribution in [0.4, 0.5) is 11.6 Å². The maximum absolute atomic E-state index is 6.71. The summed E-state index contributed by atoms with van der Waals surface area (Å²) in [6.07, 6.45) is 5.44. The van der Waals surface area contributed by atoms with Gasteiger partial charge in [-0.15, -0.1) is 0 Å². The number of benzene rings is 1. The molecule has 0 aliphatic carbocycles. The molecule has 33 heavy (non-hydrogen) atoms. The molecular formula is C24H27Cl2N7. The quantitative estimate of drug-likeness (QED) is 0.286. The Morgan fingerprint density at radius 2 is 1.73 bits per heavy atom. The molecule has 172 valence electrons. The molecule has 7 nitrogen and oxygen atoms in total. The van der Waals surface area contributed by atoms with Crippen LogP contribution in [0.1, 0.15) is 37.9 Å². The van der Waals surface area contributed by atoms with Crippen LogP contribution in [0, 0.1) is 6.92 Å². The first-order valence-electron chi connectivity index (χ1n) is 11.1. The van der Waals surface area contributed by atoms with Gasteiger partial charge in [-0.3, -0.25) is 4.90 Å². The molecule has 2 N–H and O–H groups in total. The highest BCUT2D eigenvalue weighted by atomic mass is 35.5. The van der Waals surface area contributed by atoms with Crippen LogP contribution in [0.3, 0.4) is 0 Å². The van der Waals surface area contributed by atoms with E-state index in [0.717, 1.165) is 49.2 Å². The number of pyridine rings is 1. The molecule has 3 heterocycles. The van der Waals surface area contributed by atoms with Crippen molar-refractivity contribution in [2.45, 2.75) is 40.2 Å². The number of hydrogen-bond acceptors (Lipinski definition) is 6. The van der Waals surface area contributed by atoms with Crippen LogP contribution in [0.5, 0.6) is 0 Å². The average Bonchev–Trinajstić information content (AvgIpc) is 3.18. The molecule has 0 unspecified atom stereocenters. The van der Waals surface area contributed by atoms with Crippen LogP contribution in [0.25, 0.3) is 22.4 Å². The summed E-state index contributed by atoms with van der Waals surface area (Å²) in [6.45, 7) is 9.20. The molecule has 0 fully saturated rings. The standard InChI is InChI=1S/C24H27Cl2N7/c1-4-8-33(9-5-2)13-16-11-17(25)21(18(26)12-16)23-30-19-6-7-27-24(22(19)32-23)31-20-10-15(3)28-14-29-20/h6-7,10-12,14H,4-5,8-9,13H2,1-3H3,(H,30,32)(H,27,28,29,31). The summed E-state index contributed by atoms with van der Waals surface area (Å²) in [4.78, 5) is 23.3. The number of nitrogens with zero attached hydrogens (tertiary/aromatic N) is 5. The van der Waals surface area contributed by atoms with E-state index in [1.165, 1.54) is 6.33 Å². The minimum atomic E-state index is 0.568. The second-order valence-corrected chi connectivity index (χ2v) is 8.84. The number of fused-ring (bicyclic) bond motifs is 1. The molecule has 0 saturated heterocycles. The Morgan fingerprint density at radius 3 is 2.39 bits per heavy atom. The molecule has 0 radical (unpaired) electrons. The number of nitrogens with one attached hydrogen (secondary N) is 2. The van der Waals surface area contributed by atoms with E-state index in [2.05, 4.69) is 44.0 Å². The Labute approximate surface area is 203 Å². The highest BCUT2D eigenvalue weighted by molar-refractivity contribution is 6.39. The van der Waals surface area contributed by atoms with Crippen LogP contribution >= 0.6 is 23.2 Å². The fourth-order valence-electron chi connectivity index (χ4n) is 3.89.